The lowest BCUT2D eigenvalue weighted by Gasteiger charge is -2.18. The number of anilines is 1. The van der Waals surface area contributed by atoms with Gasteiger partial charge in [-0.2, -0.15) is 9.41 Å². The van der Waals surface area contributed by atoms with Crippen molar-refractivity contribution in [2.24, 2.45) is 5.10 Å². The van der Waals surface area contributed by atoms with Crippen LogP contribution in [-0.2, 0) is 10.0 Å². The molecule has 1 N–H and O–H groups in total. The molecule has 0 aliphatic carbocycles. The number of hydrogen-bond donors (Lipinski definition) is 1. The molecule has 0 aliphatic rings. The fraction of sp³-hybridized carbons (Fsp3) is 0.278. The molecular formula is C18H22N4O5S. The van der Waals surface area contributed by atoms with E-state index in [0.717, 1.165) is 6.07 Å². The van der Waals surface area contributed by atoms with Crippen LogP contribution in [0.2, 0.25) is 0 Å². The first-order valence-electron chi connectivity index (χ1n) is 8.55. The lowest BCUT2D eigenvalue weighted by molar-refractivity contribution is -0.384. The van der Waals surface area contributed by atoms with Crippen molar-refractivity contribution in [3.8, 4) is 5.75 Å². The van der Waals surface area contributed by atoms with Gasteiger partial charge in [0.1, 0.15) is 11.4 Å². The van der Waals surface area contributed by atoms with Crippen molar-refractivity contribution < 1.29 is 18.1 Å². The molecule has 150 valence electrons. The van der Waals surface area contributed by atoms with Gasteiger partial charge in [-0.1, -0.05) is 26.0 Å². The minimum atomic E-state index is -3.80. The Balaban J connectivity index is 2.33. The van der Waals surface area contributed by atoms with E-state index in [1.54, 1.807) is 32.0 Å². The maximum absolute atomic E-state index is 12.6. The van der Waals surface area contributed by atoms with Crippen molar-refractivity contribution in [1.29, 1.82) is 0 Å². The zero-order chi connectivity index (χ0) is 20.7. The summed E-state index contributed by atoms with van der Waals surface area (Å²) >= 11 is 0. The van der Waals surface area contributed by atoms with Gasteiger partial charge in [0.15, 0.2) is 0 Å². The Hall–Kier alpha value is -2.98. The summed E-state index contributed by atoms with van der Waals surface area (Å²) in [4.78, 5) is 10.6. The van der Waals surface area contributed by atoms with Gasteiger partial charge in [0, 0.05) is 24.7 Å². The van der Waals surface area contributed by atoms with Crippen LogP contribution in [-0.4, -0.2) is 44.1 Å². The average molecular weight is 406 g/mol. The molecule has 2 aromatic rings. The van der Waals surface area contributed by atoms with Gasteiger partial charge in [-0.25, -0.2) is 8.42 Å². The van der Waals surface area contributed by atoms with Gasteiger partial charge in [0.05, 0.1) is 23.1 Å². The van der Waals surface area contributed by atoms with Gasteiger partial charge in [-0.3, -0.25) is 15.5 Å². The van der Waals surface area contributed by atoms with Gasteiger partial charge < -0.3 is 4.74 Å². The normalized spacial score (nSPS) is 11.7. The summed E-state index contributed by atoms with van der Waals surface area (Å²) in [5.74, 6) is 0.600. The summed E-state index contributed by atoms with van der Waals surface area (Å²) in [6, 6.07) is 10.8. The van der Waals surface area contributed by atoms with E-state index in [-0.39, 0.29) is 29.4 Å². The monoisotopic (exact) mass is 406 g/mol. The first-order chi connectivity index (χ1) is 13.3. The number of nitrogens with one attached hydrogen (secondary N) is 1. The third-order valence-electron chi connectivity index (χ3n) is 4.04. The highest BCUT2D eigenvalue weighted by atomic mass is 32.2. The van der Waals surface area contributed by atoms with Crippen LogP contribution in [0.3, 0.4) is 0 Å². The van der Waals surface area contributed by atoms with E-state index in [1.165, 1.54) is 29.8 Å². The third-order valence-corrected chi connectivity index (χ3v) is 6.08. The highest BCUT2D eigenvalue weighted by Crippen LogP contribution is 2.29. The minimum Gasteiger partial charge on any atom is -0.496 e. The number of para-hydroxylation sites is 1. The minimum absolute atomic E-state index is 0.0784. The third kappa shape index (κ3) is 4.65. The van der Waals surface area contributed by atoms with Gasteiger partial charge in [-0.05, 0) is 24.3 Å². The number of rotatable bonds is 9. The van der Waals surface area contributed by atoms with E-state index in [1.807, 2.05) is 6.07 Å². The Morgan fingerprint density at radius 3 is 2.50 bits per heavy atom. The molecule has 28 heavy (non-hydrogen) atoms. The van der Waals surface area contributed by atoms with Gasteiger partial charge in [0.25, 0.3) is 5.69 Å². The van der Waals surface area contributed by atoms with Gasteiger partial charge in [-0.15, -0.1) is 0 Å². The molecule has 0 radical (unpaired) electrons. The van der Waals surface area contributed by atoms with Crippen molar-refractivity contribution in [3.63, 3.8) is 0 Å². The highest BCUT2D eigenvalue weighted by Gasteiger charge is 2.25. The zero-order valence-corrected chi connectivity index (χ0v) is 16.6. The van der Waals surface area contributed by atoms with Crippen molar-refractivity contribution in [2.75, 3.05) is 25.6 Å². The second-order valence-electron chi connectivity index (χ2n) is 5.64. The molecule has 0 spiro atoms. The average Bonchev–Trinajstić information content (AvgIpc) is 2.69. The van der Waals surface area contributed by atoms with Crippen LogP contribution in [0.5, 0.6) is 5.75 Å². The Bertz CT molecular complexity index is 972. The number of ether oxygens (including phenoxy) is 1. The van der Waals surface area contributed by atoms with Gasteiger partial charge in [0.2, 0.25) is 10.0 Å². The Labute approximate surface area is 163 Å². The molecule has 0 fully saturated rings. The van der Waals surface area contributed by atoms with Gasteiger partial charge >= 0.3 is 0 Å². The summed E-state index contributed by atoms with van der Waals surface area (Å²) < 4.78 is 31.6. The molecule has 0 bridgehead atoms. The van der Waals surface area contributed by atoms with E-state index >= 15 is 0 Å². The van der Waals surface area contributed by atoms with E-state index < -0.39 is 14.9 Å². The predicted molar refractivity (Wildman–Crippen MR) is 107 cm³/mol. The highest BCUT2D eigenvalue weighted by molar-refractivity contribution is 7.89. The summed E-state index contributed by atoms with van der Waals surface area (Å²) in [5, 5.41) is 15.4. The molecule has 0 saturated carbocycles. The molecule has 2 aromatic carbocycles. The topological polar surface area (TPSA) is 114 Å². The molecule has 0 aromatic heterocycles. The number of hydrazone groups is 1. The second-order valence-corrected chi connectivity index (χ2v) is 7.58. The molecule has 0 amide bonds. The van der Waals surface area contributed by atoms with Crippen LogP contribution in [0.25, 0.3) is 0 Å². The summed E-state index contributed by atoms with van der Waals surface area (Å²) in [5.41, 5.74) is 2.97. The molecule has 0 saturated heterocycles. The summed E-state index contributed by atoms with van der Waals surface area (Å²) in [6.45, 7) is 3.96. The molecule has 0 atom stereocenters. The zero-order valence-electron chi connectivity index (χ0n) is 15.8. The van der Waals surface area contributed by atoms with E-state index in [4.69, 9.17) is 4.74 Å². The van der Waals surface area contributed by atoms with Crippen LogP contribution in [0.1, 0.15) is 19.4 Å². The van der Waals surface area contributed by atoms with Crippen molar-refractivity contribution in [2.45, 2.75) is 18.7 Å². The second kappa shape index (κ2) is 9.29. The predicted octanol–water partition coefficient (Wildman–Crippen LogP) is 3.08. The first kappa shape index (κ1) is 21.3. The molecular weight excluding hydrogens is 384 g/mol. The fourth-order valence-electron chi connectivity index (χ4n) is 2.57. The Morgan fingerprint density at radius 2 is 1.89 bits per heavy atom. The number of nitro benzene ring substituents is 1. The molecule has 0 heterocycles. The smallest absolute Gasteiger partial charge is 0.295 e. The van der Waals surface area contributed by atoms with Crippen LogP contribution in [0, 0.1) is 10.1 Å². The number of sulfonamides is 1. The van der Waals surface area contributed by atoms with Crippen LogP contribution in [0.15, 0.2) is 52.5 Å². The first-order valence-corrected chi connectivity index (χ1v) is 9.99. The number of nitro groups is 1. The van der Waals surface area contributed by atoms with Crippen molar-refractivity contribution >= 4 is 27.6 Å². The van der Waals surface area contributed by atoms with E-state index in [2.05, 4.69) is 10.5 Å². The largest absolute Gasteiger partial charge is 0.496 e. The number of methoxy groups -OCH3 is 1. The maximum Gasteiger partial charge on any atom is 0.295 e. The summed E-state index contributed by atoms with van der Waals surface area (Å²) in [7, 11) is -2.27. The Kier molecular flexibility index (Phi) is 7.07. The van der Waals surface area contributed by atoms with Crippen LogP contribution < -0.4 is 10.2 Å². The molecule has 9 nitrogen and oxygen atoms in total. The Morgan fingerprint density at radius 1 is 1.21 bits per heavy atom. The number of hydrogen-bond acceptors (Lipinski definition) is 7. The van der Waals surface area contributed by atoms with Crippen molar-refractivity contribution in [3.05, 3.63) is 58.1 Å². The van der Waals surface area contributed by atoms with Crippen LogP contribution in [0.4, 0.5) is 11.4 Å². The molecule has 0 aliphatic heterocycles. The summed E-state index contributed by atoms with van der Waals surface area (Å²) in [6.07, 6.45) is 1.46. The number of nitrogens with zero attached hydrogens (tertiary/aromatic N) is 3. The molecule has 0 unspecified atom stereocenters. The lowest BCUT2D eigenvalue weighted by atomic mass is 10.2. The molecule has 2 rings (SSSR count). The fourth-order valence-corrected chi connectivity index (χ4v) is 4.05. The SMILES string of the molecule is CCN(CC)S(=O)(=O)c1ccc(N/N=C/c2ccccc2OC)c([N+](=O)[O-])c1. The van der Waals surface area contributed by atoms with Crippen molar-refractivity contribution in [1.82, 2.24) is 4.31 Å². The lowest BCUT2D eigenvalue weighted by Crippen LogP contribution is -2.30. The van der Waals surface area contributed by atoms with E-state index in [9.17, 15) is 18.5 Å². The van der Waals surface area contributed by atoms with E-state index in [0.29, 0.717) is 11.3 Å². The standard InChI is InChI=1S/C18H22N4O5S/c1-4-21(5-2)28(25,26)15-10-11-16(17(12-15)22(23)24)20-19-13-14-8-6-7-9-18(14)27-3/h6-13,20H,4-5H2,1-3H3/b19-13+. The quantitative estimate of drug-likeness (QED) is 0.389. The number of benzene rings is 2. The van der Waals surface area contributed by atoms with Crippen LogP contribution >= 0.6 is 0 Å². The maximum atomic E-state index is 12.6. The molecule has 10 heteroatoms.